The molecule has 2 aromatic rings. The molecule has 3 rings (SSSR count). The average molecular weight is 304 g/mol. The van der Waals surface area contributed by atoms with Crippen LogP contribution >= 0.6 is 11.3 Å². The van der Waals surface area contributed by atoms with Crippen molar-refractivity contribution in [2.24, 2.45) is 0 Å². The lowest BCUT2D eigenvalue weighted by Gasteiger charge is -2.07. The fourth-order valence-corrected chi connectivity index (χ4v) is 2.56. The number of rotatable bonds is 3. The summed E-state index contributed by atoms with van der Waals surface area (Å²) >= 11 is 1.49. The number of carbonyl (C=O) groups excluding carboxylic acids is 2. The number of amides is 2. The van der Waals surface area contributed by atoms with Crippen molar-refractivity contribution in [2.75, 3.05) is 6.79 Å². The minimum Gasteiger partial charge on any atom is -0.454 e. The maximum atomic E-state index is 11.9. The molecule has 1 aliphatic heterocycles. The van der Waals surface area contributed by atoms with Crippen LogP contribution in [0.2, 0.25) is 0 Å². The molecule has 0 aliphatic carbocycles. The van der Waals surface area contributed by atoms with Crippen LogP contribution < -0.4 is 20.3 Å². The fourth-order valence-electron chi connectivity index (χ4n) is 1.85. The molecule has 0 atom stereocenters. The molecule has 21 heavy (non-hydrogen) atoms. The first-order valence-electron chi connectivity index (χ1n) is 6.23. The Bertz CT molecular complexity index is 670. The quantitative estimate of drug-likeness (QED) is 0.842. The zero-order chi connectivity index (χ0) is 14.7. The molecule has 6 nitrogen and oxygen atoms in total. The van der Waals surface area contributed by atoms with Crippen LogP contribution in [0.5, 0.6) is 11.5 Å². The second-order valence-electron chi connectivity index (χ2n) is 4.33. The van der Waals surface area contributed by atoms with Gasteiger partial charge < -0.3 is 9.47 Å². The highest BCUT2D eigenvalue weighted by atomic mass is 32.1. The van der Waals surface area contributed by atoms with Gasteiger partial charge in [0.15, 0.2) is 11.5 Å². The van der Waals surface area contributed by atoms with Crippen molar-refractivity contribution in [1.82, 2.24) is 10.9 Å². The van der Waals surface area contributed by atoms with Gasteiger partial charge in [-0.05, 0) is 29.6 Å². The van der Waals surface area contributed by atoms with Crippen molar-refractivity contribution in [3.63, 3.8) is 0 Å². The zero-order valence-electron chi connectivity index (χ0n) is 10.9. The fraction of sp³-hybridized carbons (Fsp3) is 0.143. The van der Waals surface area contributed by atoms with Gasteiger partial charge >= 0.3 is 0 Å². The molecule has 7 heteroatoms. The lowest BCUT2D eigenvalue weighted by Crippen LogP contribution is -2.42. The molecule has 0 saturated heterocycles. The first kappa shape index (κ1) is 13.4. The molecule has 1 aromatic heterocycles. The van der Waals surface area contributed by atoms with Gasteiger partial charge in [0.1, 0.15) is 0 Å². The van der Waals surface area contributed by atoms with Crippen LogP contribution in [0.3, 0.4) is 0 Å². The lowest BCUT2D eigenvalue weighted by atomic mass is 10.2. The normalized spacial score (nSPS) is 12.0. The third-order valence-electron chi connectivity index (χ3n) is 2.87. The molecule has 108 valence electrons. The SMILES string of the molecule is O=C(Cc1cccs1)NNC(=O)c1ccc2c(c1)OCO2. The number of hydrazine groups is 1. The Morgan fingerprint density at radius 3 is 2.81 bits per heavy atom. The number of hydrogen-bond donors (Lipinski definition) is 2. The van der Waals surface area contributed by atoms with Gasteiger partial charge in [-0.2, -0.15) is 0 Å². The summed E-state index contributed by atoms with van der Waals surface area (Å²) in [5.41, 5.74) is 5.14. The summed E-state index contributed by atoms with van der Waals surface area (Å²) in [6.45, 7) is 0.151. The molecule has 0 radical (unpaired) electrons. The Labute approximate surface area is 124 Å². The van der Waals surface area contributed by atoms with Gasteiger partial charge in [-0.3, -0.25) is 20.4 Å². The minimum absolute atomic E-state index is 0.151. The number of ether oxygens (including phenoxy) is 2. The summed E-state index contributed by atoms with van der Waals surface area (Å²) in [4.78, 5) is 24.5. The van der Waals surface area contributed by atoms with E-state index in [1.54, 1.807) is 18.2 Å². The van der Waals surface area contributed by atoms with Crippen LogP contribution in [-0.2, 0) is 11.2 Å². The molecule has 2 amide bonds. The number of fused-ring (bicyclic) bond motifs is 1. The molecular weight excluding hydrogens is 292 g/mol. The number of nitrogens with one attached hydrogen (secondary N) is 2. The van der Waals surface area contributed by atoms with E-state index >= 15 is 0 Å². The topological polar surface area (TPSA) is 76.7 Å². The van der Waals surface area contributed by atoms with Gasteiger partial charge in [0.2, 0.25) is 12.7 Å². The summed E-state index contributed by atoms with van der Waals surface area (Å²) in [5.74, 6) is 0.445. The van der Waals surface area contributed by atoms with Crippen LogP contribution in [0.1, 0.15) is 15.2 Å². The molecule has 0 fully saturated rings. The van der Waals surface area contributed by atoms with E-state index in [9.17, 15) is 9.59 Å². The standard InChI is InChI=1S/C14H12N2O4S/c17-13(7-10-2-1-5-21-10)15-16-14(18)9-3-4-11-12(6-9)20-8-19-11/h1-6H,7-8H2,(H,15,17)(H,16,18). The second kappa shape index (κ2) is 5.84. The van der Waals surface area contributed by atoms with Crippen LogP contribution in [0, 0.1) is 0 Å². The summed E-state index contributed by atoms with van der Waals surface area (Å²) in [5, 5.41) is 1.90. The highest BCUT2D eigenvalue weighted by Crippen LogP contribution is 2.32. The third-order valence-corrected chi connectivity index (χ3v) is 3.74. The molecule has 2 N–H and O–H groups in total. The Morgan fingerprint density at radius 2 is 2.00 bits per heavy atom. The van der Waals surface area contributed by atoms with Crippen molar-refractivity contribution in [2.45, 2.75) is 6.42 Å². The van der Waals surface area contributed by atoms with E-state index in [2.05, 4.69) is 10.9 Å². The first-order valence-corrected chi connectivity index (χ1v) is 7.11. The van der Waals surface area contributed by atoms with Crippen LogP contribution in [0.25, 0.3) is 0 Å². The number of benzene rings is 1. The van der Waals surface area contributed by atoms with E-state index in [-0.39, 0.29) is 19.1 Å². The van der Waals surface area contributed by atoms with Gasteiger partial charge in [-0.1, -0.05) is 6.07 Å². The molecule has 2 heterocycles. The van der Waals surface area contributed by atoms with E-state index in [0.717, 1.165) is 4.88 Å². The maximum absolute atomic E-state index is 11.9. The predicted molar refractivity (Wildman–Crippen MR) is 76.2 cm³/mol. The maximum Gasteiger partial charge on any atom is 0.269 e. The Balaban J connectivity index is 1.55. The molecular formula is C14H12N2O4S. The van der Waals surface area contributed by atoms with E-state index in [1.807, 2.05) is 17.5 Å². The van der Waals surface area contributed by atoms with Crippen molar-refractivity contribution < 1.29 is 19.1 Å². The van der Waals surface area contributed by atoms with Gasteiger partial charge in [0.05, 0.1) is 6.42 Å². The monoisotopic (exact) mass is 304 g/mol. The summed E-state index contributed by atoms with van der Waals surface area (Å²) in [6.07, 6.45) is 0.235. The van der Waals surface area contributed by atoms with Gasteiger partial charge in [-0.15, -0.1) is 11.3 Å². The van der Waals surface area contributed by atoms with Crippen molar-refractivity contribution in [3.8, 4) is 11.5 Å². The number of thiophene rings is 1. The van der Waals surface area contributed by atoms with Crippen molar-refractivity contribution in [1.29, 1.82) is 0 Å². The number of hydrogen-bond acceptors (Lipinski definition) is 5. The number of carbonyl (C=O) groups is 2. The molecule has 0 spiro atoms. The molecule has 1 aliphatic rings. The third kappa shape index (κ3) is 3.14. The summed E-state index contributed by atoms with van der Waals surface area (Å²) in [7, 11) is 0. The van der Waals surface area contributed by atoms with E-state index in [4.69, 9.17) is 9.47 Å². The van der Waals surface area contributed by atoms with Crippen LogP contribution in [-0.4, -0.2) is 18.6 Å². The molecule has 0 unspecified atom stereocenters. The minimum atomic E-state index is -0.409. The first-order chi connectivity index (χ1) is 10.2. The Kier molecular flexibility index (Phi) is 3.74. The van der Waals surface area contributed by atoms with Crippen molar-refractivity contribution >= 4 is 23.2 Å². The van der Waals surface area contributed by atoms with Crippen molar-refractivity contribution in [3.05, 3.63) is 46.2 Å². The molecule has 1 aromatic carbocycles. The van der Waals surface area contributed by atoms with E-state index in [0.29, 0.717) is 17.1 Å². The van der Waals surface area contributed by atoms with Gasteiger partial charge in [0.25, 0.3) is 5.91 Å². The molecule has 0 bridgehead atoms. The highest BCUT2D eigenvalue weighted by Gasteiger charge is 2.16. The predicted octanol–water partition coefficient (Wildman–Crippen LogP) is 1.48. The lowest BCUT2D eigenvalue weighted by molar-refractivity contribution is -0.121. The van der Waals surface area contributed by atoms with Crippen LogP contribution in [0.4, 0.5) is 0 Å². The zero-order valence-corrected chi connectivity index (χ0v) is 11.7. The van der Waals surface area contributed by atoms with Crippen LogP contribution in [0.15, 0.2) is 35.7 Å². The smallest absolute Gasteiger partial charge is 0.269 e. The summed E-state index contributed by atoms with van der Waals surface area (Å²) in [6, 6.07) is 8.57. The van der Waals surface area contributed by atoms with E-state index in [1.165, 1.54) is 11.3 Å². The highest BCUT2D eigenvalue weighted by molar-refractivity contribution is 7.10. The van der Waals surface area contributed by atoms with Gasteiger partial charge in [0, 0.05) is 10.4 Å². The second-order valence-corrected chi connectivity index (χ2v) is 5.36. The Morgan fingerprint density at radius 1 is 1.14 bits per heavy atom. The Hall–Kier alpha value is -2.54. The summed E-state index contributed by atoms with van der Waals surface area (Å²) < 4.78 is 10.4. The van der Waals surface area contributed by atoms with Gasteiger partial charge in [-0.25, -0.2) is 0 Å². The largest absolute Gasteiger partial charge is 0.454 e. The van der Waals surface area contributed by atoms with E-state index < -0.39 is 5.91 Å². The average Bonchev–Trinajstić information content (AvgIpc) is 3.14. The molecule has 0 saturated carbocycles.